The van der Waals surface area contributed by atoms with E-state index in [4.69, 9.17) is 85.8 Å². The van der Waals surface area contributed by atoms with Crippen LogP contribution in [0.5, 0.6) is 11.8 Å². The molecule has 3 saturated heterocycles. The predicted molar refractivity (Wildman–Crippen MR) is 469 cm³/mol. The molecule has 3 N–H and O–H groups in total. The highest BCUT2D eigenvalue weighted by Gasteiger charge is 2.54. The molecule has 14 atom stereocenters. The van der Waals surface area contributed by atoms with Crippen LogP contribution >= 0.6 is 47.2 Å². The van der Waals surface area contributed by atoms with Crippen LogP contribution in [0, 0.1) is 70.2 Å². The molecule has 6 aromatic rings. The van der Waals surface area contributed by atoms with E-state index in [1.54, 1.807) is 96.9 Å². The van der Waals surface area contributed by atoms with Gasteiger partial charge >= 0.3 is 36.1 Å². The summed E-state index contributed by atoms with van der Waals surface area (Å²) in [4.78, 5) is 114. The molecule has 27 nitrogen and oxygen atoms in total. The lowest BCUT2D eigenvalue weighted by atomic mass is 9.76. The number of aliphatic carboxylic acids is 1. The summed E-state index contributed by atoms with van der Waals surface area (Å²) in [6, 6.07) is 9.47. The quantitative estimate of drug-likeness (QED) is 0.0251. The maximum absolute atomic E-state index is 13.6. The number of fused-ring (bicyclic) bond motifs is 4. The molecule has 5 fully saturated rings. The lowest BCUT2D eigenvalue weighted by Gasteiger charge is -2.30. The molecule has 121 heavy (non-hydrogen) atoms. The van der Waals surface area contributed by atoms with Crippen LogP contribution in [-0.2, 0) is 57.5 Å². The van der Waals surface area contributed by atoms with Gasteiger partial charge in [-0.1, -0.05) is 82.4 Å². The summed E-state index contributed by atoms with van der Waals surface area (Å²) in [6.07, 6.45) is 6.63. The number of hydrogen-bond acceptors (Lipinski definition) is 24. The number of carbonyl (C=O) groups is 7. The number of nitrogens with one attached hydrogen (secondary N) is 1. The number of β-amino-alcohol motifs (C(OH)–C–C–N with tert-alkyl or cyclic N) is 1. The number of aliphatic hydroxyl groups is 1. The molecule has 3 aromatic heterocycles. The normalized spacial score (nSPS) is 23.2. The lowest BCUT2D eigenvalue weighted by Crippen LogP contribution is -2.47. The molecule has 2 amide bonds. The predicted octanol–water partition coefficient (Wildman–Crippen LogP) is 17.9. The number of carboxylic acids is 1. The second kappa shape index (κ2) is 41.7. The second-order valence-electron chi connectivity index (χ2n) is 37.0. The van der Waals surface area contributed by atoms with Crippen LogP contribution in [-0.4, -0.2) is 199 Å². The van der Waals surface area contributed by atoms with Gasteiger partial charge in [0.25, 0.3) is 11.8 Å². The lowest BCUT2D eigenvalue weighted by molar-refractivity contribution is -0.162. The van der Waals surface area contributed by atoms with Crippen LogP contribution in [0.2, 0.25) is 15.5 Å². The van der Waals surface area contributed by atoms with Crippen molar-refractivity contribution in [1.82, 2.24) is 45.0 Å². The minimum Gasteiger partial charge on any atom is -0.481 e. The Bertz CT molecular complexity index is 4870. The maximum Gasteiger partial charge on any atom is 0.411 e. The molecule has 3 radical (unpaired) electrons. The van der Waals surface area contributed by atoms with E-state index in [0.29, 0.717) is 46.9 Å². The Hall–Kier alpha value is -8.01. The van der Waals surface area contributed by atoms with Gasteiger partial charge < -0.3 is 48.7 Å². The number of Topliss-reactive ketones (excluding diaryl/α,β-unsaturated/α-hetero) is 1. The molecule has 3 aromatic carbocycles. The van der Waals surface area contributed by atoms with Crippen LogP contribution in [0.4, 0.5) is 22.8 Å². The monoisotopic (exact) mass is 1810 g/mol. The van der Waals surface area contributed by atoms with Crippen molar-refractivity contribution in [2.75, 3.05) is 25.9 Å². The molecular weight excluding hydrogens is 1680 g/mol. The summed E-state index contributed by atoms with van der Waals surface area (Å²) in [5, 5.41) is 22.0. The van der Waals surface area contributed by atoms with Gasteiger partial charge in [-0.3, -0.25) is 24.2 Å². The van der Waals surface area contributed by atoms with Gasteiger partial charge in [-0.05, 0) is 201 Å². The van der Waals surface area contributed by atoms with Crippen molar-refractivity contribution >= 4 is 140 Å². The SMILES string of the molecule is C=CCCC[C@H]1[C@H](CC(=O)C[C@H](C(=O)O)C(C)(C)C)C[C@@H]2C[C@@H]21.CS(=O)(=O)c1nc2cc(F)ccc2nc1Cl.C[C@@H]1[C@@H](Oc2nc3cc(F)ccc3nc2Cl)CN(C(=O)OC(C)(C)C)[C@@H]1C(=O)OC(C)(C)C.C[C@@H]1[C@@H](Oc2nc3cc(F)ccc3nc2Cl)CN[C@@H]1C(=O)OC(C)(C)C.C[C@H]1[C@@H](C(=O)OC(C)(C)C)N(C(=O)OC(C)(C)C)C[C@@H]1O.Cl.[2H][2H].[2H][2H].[2H][2H].[2H][2H].[2H][2H].[2H][2H].[B]. The summed E-state index contributed by atoms with van der Waals surface area (Å²) in [5.41, 5.74) is -1.72. The fourth-order valence-corrected chi connectivity index (χ4v) is 15.8. The molecule has 0 spiro atoms. The number of sulfone groups is 1. The number of allylic oxidation sites excluding steroid dienone is 1. The van der Waals surface area contributed by atoms with Crippen LogP contribution < -0.4 is 14.8 Å². The van der Waals surface area contributed by atoms with E-state index in [1.807, 2.05) is 54.5 Å². The van der Waals surface area contributed by atoms with E-state index in [1.165, 1.54) is 84.0 Å². The molecule has 5 aliphatic rings. The van der Waals surface area contributed by atoms with E-state index >= 15 is 0 Å². The molecule has 36 heteroatoms. The topological polar surface area (TPSA) is 355 Å². The van der Waals surface area contributed by atoms with Gasteiger partial charge in [0.05, 0.1) is 58.2 Å². The number of carbonyl (C=O) groups excluding carboxylic acids is 6. The van der Waals surface area contributed by atoms with E-state index in [0.717, 1.165) is 30.6 Å². The van der Waals surface area contributed by atoms with Crippen molar-refractivity contribution < 1.29 is 116 Å². The number of benzene rings is 3. The minimum absolute atomic E-state index is 0. The number of hydrogen-bond donors (Lipinski definition) is 3. The first kappa shape index (κ1) is 93.7. The average Bonchev–Trinajstić information content (AvgIpc) is 1.62. The van der Waals surface area contributed by atoms with Gasteiger partial charge in [-0.2, -0.15) is 0 Å². The third-order valence-electron chi connectivity index (χ3n) is 20.0. The van der Waals surface area contributed by atoms with Crippen LogP contribution in [0.15, 0.2) is 72.3 Å². The first-order valence-corrected chi connectivity index (χ1v) is 42.6. The van der Waals surface area contributed by atoms with E-state index < -0.39 is 133 Å². The van der Waals surface area contributed by atoms with Gasteiger partial charge in [0.15, 0.2) is 30.3 Å². The third-order valence-corrected chi connectivity index (χ3v) is 21.8. The molecule has 0 unspecified atom stereocenters. The van der Waals surface area contributed by atoms with Gasteiger partial charge in [0, 0.05) is 87.8 Å². The second-order valence-corrected chi connectivity index (χ2v) is 40.0. The molecule has 3 aliphatic heterocycles. The van der Waals surface area contributed by atoms with Crippen molar-refractivity contribution in [3.63, 3.8) is 0 Å². The number of esters is 3. The van der Waals surface area contributed by atoms with Gasteiger partial charge in [-0.15, -0.1) is 19.0 Å². The number of aromatic nitrogens is 6. The maximum atomic E-state index is 13.6. The van der Waals surface area contributed by atoms with Crippen molar-refractivity contribution in [3.8, 4) is 11.8 Å². The molecule has 679 valence electrons. The number of nitrogens with zero attached hydrogens (tertiary/aromatic N) is 8. The molecule has 6 heterocycles. The fraction of sp³-hybridized carbons (Fsp3) is 0.612. The Labute approximate surface area is 748 Å². The molecular formula is C85H128BCl4F3N9O18S. The molecule has 11 rings (SSSR count). The number of aliphatic hydroxyl groups excluding tert-OH is 1. The van der Waals surface area contributed by atoms with Gasteiger partial charge in [0.1, 0.15) is 81.6 Å². The molecule has 2 aliphatic carbocycles. The average molecular weight is 1820 g/mol. The highest BCUT2D eigenvalue weighted by atomic mass is 35.5. The third kappa shape index (κ3) is 30.2. The number of rotatable bonds is 17. The van der Waals surface area contributed by atoms with E-state index in [2.05, 4.69) is 41.8 Å². The summed E-state index contributed by atoms with van der Waals surface area (Å²) in [5.74, 6) is -2.15. The zero-order valence-electron chi connectivity index (χ0n) is 84.8. The Morgan fingerprint density at radius 1 is 0.595 bits per heavy atom. The smallest absolute Gasteiger partial charge is 0.411 e. The first-order valence-electron chi connectivity index (χ1n) is 45.6. The van der Waals surface area contributed by atoms with E-state index in [9.17, 15) is 65.4 Å². The van der Waals surface area contributed by atoms with Crippen LogP contribution in [0.3, 0.4) is 0 Å². The number of carboxylic acid groups (broad SMARTS) is 1. The van der Waals surface area contributed by atoms with Crippen molar-refractivity contribution in [1.29, 1.82) is 0 Å². The summed E-state index contributed by atoms with van der Waals surface area (Å²) in [6.45, 7) is 41.9. The number of ketones is 1. The summed E-state index contributed by atoms with van der Waals surface area (Å²) >= 11 is 18.1. The first-order chi connectivity index (χ1) is 60.7. The Morgan fingerprint density at radius 3 is 1.43 bits per heavy atom. The number of unbranched alkanes of at least 4 members (excludes halogenated alkanes) is 1. The Kier molecular flexibility index (Phi) is 32.3. The van der Waals surface area contributed by atoms with Crippen molar-refractivity contribution in [3.05, 3.63) is 100 Å². The number of ether oxygens (including phenoxy) is 7. The Balaban J connectivity index is 0. The summed E-state index contributed by atoms with van der Waals surface area (Å²) in [7, 11) is -3.57. The summed E-state index contributed by atoms with van der Waals surface area (Å²) < 4.78 is 162. The highest BCUT2D eigenvalue weighted by Crippen LogP contribution is 2.60. The fourth-order valence-electron chi connectivity index (χ4n) is 14.3. The minimum atomic E-state index is -3.57. The zero-order valence-corrected chi connectivity index (χ0v) is 76.7. The van der Waals surface area contributed by atoms with Crippen LogP contribution in [0.25, 0.3) is 33.1 Å². The van der Waals surface area contributed by atoms with Crippen molar-refractivity contribution in [2.45, 2.75) is 260 Å². The number of halogens is 7. The molecule has 2 saturated carbocycles. The standard InChI is InChI=1S/C23H29ClFN3O5.C20H32O3.C18H21ClFN3O3.C15H27NO5.C9H6ClFN2O2S.B.ClH.6H2/c1-12-16(31-19-18(24)26-14-9-8-13(25)10-15(14)27-19)11-28(21(30)33-23(5,6)7)17(12)20(29)32-22(2,3)4;1-5-6-7-8-16-13(9-14-11-17(14)16)10-15(21)12-18(19(22)23)20(2,3)4;1-9-13(8-21-14(9)17(24)26-18(2,3)4)25-16-15(19)22-11-6-5-10(20)7-12(11)23-16;1-9-10(17)8-16(13(19)21-15(5,6)7)11(9)12(18)20-14(2,3)4;1-16(14,15)9-8(10)12-6-3-2-5(11)4-7(6)13-9;;;;;;;;/h8-10,12,16-17H,11H2,1-7H3;5,13-14,16-18H,1,6-12H2,2-4H3,(H,22,23);5-7,9,13-14,21H,8H2,1-4H3;9-11,17H,8H2,1-7H3;2-4H,1H3;;7*1H/t12-,16+,17+;13-,14+,16-,17-,18+;9-,13+,14+;9-,10+,11+;;;;;;;;;/m1011........./s1/i;;;;;;;6*1+1D. The largest absolute Gasteiger partial charge is 0.481 e. The van der Waals surface area contributed by atoms with Crippen LogP contribution in [0.1, 0.15) is 208 Å². The molecule has 0 bridgehead atoms. The Morgan fingerprint density at radius 2 is 1.01 bits per heavy atom. The number of likely N-dealkylation sites (tertiary alicyclic amines) is 2. The highest BCUT2D eigenvalue weighted by molar-refractivity contribution is 7.90. The zero-order chi connectivity index (χ0) is 101. The number of amides is 2. The van der Waals surface area contributed by atoms with Gasteiger partial charge in [0.2, 0.25) is 0 Å². The van der Waals surface area contributed by atoms with Crippen molar-refractivity contribution in [2.24, 2.45) is 52.8 Å². The van der Waals surface area contributed by atoms with Gasteiger partial charge in [-0.25, -0.2) is 70.7 Å². The van der Waals surface area contributed by atoms with E-state index in [-0.39, 0.29) is 113 Å².